The zero-order chi connectivity index (χ0) is 13.1. The highest BCUT2D eigenvalue weighted by molar-refractivity contribution is 6.33. The van der Waals surface area contributed by atoms with Crippen LogP contribution in [0.3, 0.4) is 0 Å². The first-order valence-corrected chi connectivity index (χ1v) is 6.29. The highest BCUT2D eigenvalue weighted by Crippen LogP contribution is 2.29. The van der Waals surface area contributed by atoms with Gasteiger partial charge in [-0.1, -0.05) is 41.4 Å². The minimum Gasteiger partial charge on any atom is -0.377 e. The molecule has 2 rings (SSSR count). The van der Waals surface area contributed by atoms with Crippen LogP contribution in [0.15, 0.2) is 42.5 Å². The van der Waals surface area contributed by atoms with Gasteiger partial charge < -0.3 is 5.32 Å². The minimum atomic E-state index is -0.339. The largest absolute Gasteiger partial charge is 0.377 e. The third-order valence-electron chi connectivity index (χ3n) is 2.67. The van der Waals surface area contributed by atoms with Gasteiger partial charge in [-0.2, -0.15) is 0 Å². The molecule has 2 aromatic carbocycles. The normalized spacial score (nSPS) is 12.2. The molecule has 0 spiro atoms. The van der Waals surface area contributed by atoms with E-state index in [-0.39, 0.29) is 11.9 Å². The fourth-order valence-electron chi connectivity index (χ4n) is 1.74. The summed E-state index contributed by atoms with van der Waals surface area (Å²) in [6, 6.07) is 11.8. The van der Waals surface area contributed by atoms with E-state index in [0.29, 0.717) is 10.0 Å². The number of nitrogens with one attached hydrogen (secondary N) is 1. The lowest BCUT2D eigenvalue weighted by atomic mass is 10.1. The van der Waals surface area contributed by atoms with Gasteiger partial charge in [0.05, 0.1) is 16.8 Å². The molecule has 0 fully saturated rings. The average Bonchev–Trinajstić information content (AvgIpc) is 2.32. The molecule has 0 aromatic heterocycles. The Kier molecular flexibility index (Phi) is 4.10. The fourth-order valence-corrected chi connectivity index (χ4v) is 2.26. The van der Waals surface area contributed by atoms with E-state index in [1.807, 2.05) is 31.2 Å². The second-order valence-electron chi connectivity index (χ2n) is 4.01. The number of hydrogen-bond acceptors (Lipinski definition) is 1. The van der Waals surface area contributed by atoms with Crippen molar-refractivity contribution in [3.63, 3.8) is 0 Å². The smallest absolute Gasteiger partial charge is 0.124 e. The molecule has 94 valence electrons. The van der Waals surface area contributed by atoms with Crippen LogP contribution in [-0.4, -0.2) is 0 Å². The van der Waals surface area contributed by atoms with E-state index in [1.54, 1.807) is 6.07 Å². The Morgan fingerprint density at radius 1 is 1.06 bits per heavy atom. The van der Waals surface area contributed by atoms with Gasteiger partial charge in [-0.15, -0.1) is 0 Å². The summed E-state index contributed by atoms with van der Waals surface area (Å²) in [7, 11) is 0. The van der Waals surface area contributed by atoms with Crippen LogP contribution in [0.1, 0.15) is 18.5 Å². The molecular weight excluding hydrogens is 272 g/mol. The van der Waals surface area contributed by atoms with Crippen LogP contribution in [-0.2, 0) is 0 Å². The number of hydrogen-bond donors (Lipinski definition) is 1. The minimum absolute atomic E-state index is 0.0574. The molecule has 1 unspecified atom stereocenters. The van der Waals surface area contributed by atoms with Crippen molar-refractivity contribution in [2.45, 2.75) is 13.0 Å². The van der Waals surface area contributed by atoms with Crippen LogP contribution < -0.4 is 5.32 Å². The quantitative estimate of drug-likeness (QED) is 0.805. The Morgan fingerprint density at radius 2 is 1.78 bits per heavy atom. The van der Waals surface area contributed by atoms with Crippen molar-refractivity contribution in [1.82, 2.24) is 0 Å². The van der Waals surface area contributed by atoms with E-state index in [9.17, 15) is 4.39 Å². The van der Waals surface area contributed by atoms with Gasteiger partial charge in [-0.05, 0) is 36.8 Å². The predicted molar refractivity (Wildman–Crippen MR) is 74.9 cm³/mol. The molecule has 0 aliphatic carbocycles. The van der Waals surface area contributed by atoms with E-state index in [1.165, 1.54) is 12.1 Å². The van der Waals surface area contributed by atoms with E-state index >= 15 is 0 Å². The van der Waals surface area contributed by atoms with Crippen LogP contribution in [0, 0.1) is 5.82 Å². The Labute approximate surface area is 116 Å². The summed E-state index contributed by atoms with van der Waals surface area (Å²) in [4.78, 5) is 0. The molecule has 0 saturated heterocycles. The Bertz CT molecular complexity index is 557. The molecule has 18 heavy (non-hydrogen) atoms. The Hall–Kier alpha value is -1.25. The van der Waals surface area contributed by atoms with Gasteiger partial charge in [-0.25, -0.2) is 4.39 Å². The SMILES string of the molecule is CC(Nc1ccccc1Cl)c1ccc(F)cc1Cl. The first-order valence-electron chi connectivity index (χ1n) is 5.54. The lowest BCUT2D eigenvalue weighted by molar-refractivity contribution is 0.626. The molecule has 0 amide bonds. The summed E-state index contributed by atoms with van der Waals surface area (Å²) in [5, 5.41) is 4.29. The molecule has 0 aliphatic rings. The van der Waals surface area contributed by atoms with Gasteiger partial charge in [0.2, 0.25) is 0 Å². The number of halogens is 3. The lowest BCUT2D eigenvalue weighted by Gasteiger charge is -2.17. The summed E-state index contributed by atoms with van der Waals surface area (Å²) in [6.45, 7) is 1.95. The molecule has 2 aromatic rings. The number of benzene rings is 2. The molecule has 0 radical (unpaired) electrons. The molecule has 0 aliphatic heterocycles. The van der Waals surface area contributed by atoms with Gasteiger partial charge in [0.25, 0.3) is 0 Å². The first-order chi connectivity index (χ1) is 8.58. The molecule has 0 heterocycles. The third-order valence-corrected chi connectivity index (χ3v) is 3.33. The topological polar surface area (TPSA) is 12.0 Å². The Balaban J connectivity index is 2.22. The van der Waals surface area contributed by atoms with Gasteiger partial charge in [0.15, 0.2) is 0 Å². The summed E-state index contributed by atoms with van der Waals surface area (Å²) in [6.07, 6.45) is 0. The number of para-hydroxylation sites is 1. The van der Waals surface area contributed by atoms with Crippen LogP contribution >= 0.6 is 23.2 Å². The van der Waals surface area contributed by atoms with Crippen molar-refractivity contribution in [2.24, 2.45) is 0 Å². The van der Waals surface area contributed by atoms with E-state index in [2.05, 4.69) is 5.32 Å². The maximum absolute atomic E-state index is 13.0. The van der Waals surface area contributed by atoms with Crippen molar-refractivity contribution in [3.8, 4) is 0 Å². The van der Waals surface area contributed by atoms with Crippen molar-refractivity contribution in [2.75, 3.05) is 5.32 Å². The molecule has 1 N–H and O–H groups in total. The summed E-state index contributed by atoms with van der Waals surface area (Å²) < 4.78 is 13.0. The highest BCUT2D eigenvalue weighted by atomic mass is 35.5. The molecule has 4 heteroatoms. The van der Waals surface area contributed by atoms with Crippen molar-refractivity contribution >= 4 is 28.9 Å². The van der Waals surface area contributed by atoms with Crippen LogP contribution in [0.4, 0.5) is 10.1 Å². The number of anilines is 1. The van der Waals surface area contributed by atoms with Crippen molar-refractivity contribution < 1.29 is 4.39 Å². The fraction of sp³-hybridized carbons (Fsp3) is 0.143. The summed E-state index contributed by atoms with van der Waals surface area (Å²) in [5.41, 5.74) is 1.66. The second kappa shape index (κ2) is 5.59. The molecule has 1 nitrogen and oxygen atoms in total. The summed E-state index contributed by atoms with van der Waals surface area (Å²) in [5.74, 6) is -0.339. The van der Waals surface area contributed by atoms with Crippen LogP contribution in [0.5, 0.6) is 0 Å². The zero-order valence-electron chi connectivity index (χ0n) is 9.75. The van der Waals surface area contributed by atoms with Crippen molar-refractivity contribution in [1.29, 1.82) is 0 Å². The lowest BCUT2D eigenvalue weighted by Crippen LogP contribution is -2.07. The Morgan fingerprint density at radius 3 is 2.44 bits per heavy atom. The van der Waals surface area contributed by atoms with Crippen LogP contribution in [0.25, 0.3) is 0 Å². The van der Waals surface area contributed by atoms with E-state index in [4.69, 9.17) is 23.2 Å². The summed E-state index contributed by atoms with van der Waals surface area (Å²) >= 11 is 12.1. The van der Waals surface area contributed by atoms with Crippen LogP contribution in [0.2, 0.25) is 10.0 Å². The maximum Gasteiger partial charge on any atom is 0.124 e. The zero-order valence-corrected chi connectivity index (χ0v) is 11.3. The van der Waals surface area contributed by atoms with Crippen molar-refractivity contribution in [3.05, 3.63) is 63.9 Å². The number of rotatable bonds is 3. The average molecular weight is 284 g/mol. The standard InChI is InChI=1S/C14H12Cl2FN/c1-9(11-7-6-10(17)8-13(11)16)18-14-5-3-2-4-12(14)15/h2-9,18H,1H3. The molecular formula is C14H12Cl2FN. The highest BCUT2D eigenvalue weighted by Gasteiger charge is 2.11. The van der Waals surface area contributed by atoms with Gasteiger partial charge >= 0.3 is 0 Å². The predicted octanol–water partition coefficient (Wildman–Crippen LogP) is 5.31. The monoisotopic (exact) mass is 283 g/mol. The second-order valence-corrected chi connectivity index (χ2v) is 4.83. The third kappa shape index (κ3) is 2.95. The molecule has 0 bridgehead atoms. The first kappa shape index (κ1) is 13.2. The molecule has 0 saturated carbocycles. The van der Waals surface area contributed by atoms with Gasteiger partial charge in [0.1, 0.15) is 5.82 Å². The van der Waals surface area contributed by atoms with Gasteiger partial charge in [0, 0.05) is 5.02 Å². The van der Waals surface area contributed by atoms with E-state index < -0.39 is 0 Å². The molecule has 1 atom stereocenters. The van der Waals surface area contributed by atoms with Gasteiger partial charge in [-0.3, -0.25) is 0 Å². The maximum atomic E-state index is 13.0. The van der Waals surface area contributed by atoms with E-state index in [0.717, 1.165) is 11.3 Å².